The zero-order valence-corrected chi connectivity index (χ0v) is 23.6. The highest BCUT2D eigenvalue weighted by Gasteiger charge is 2.40. The largest absolute Gasteiger partial charge is 0.435 e. The molecule has 0 bridgehead atoms. The molecule has 1 aromatic heterocycles. The molecule has 0 aliphatic heterocycles. The van der Waals surface area contributed by atoms with Gasteiger partial charge in [-0.3, -0.25) is 0 Å². The topological polar surface area (TPSA) is 78.0 Å². The van der Waals surface area contributed by atoms with Gasteiger partial charge in [0.1, 0.15) is 0 Å². The Morgan fingerprint density at radius 1 is 0.692 bits per heavy atom. The van der Waals surface area contributed by atoms with Crippen LogP contribution in [0.2, 0.25) is 0 Å². The minimum absolute atomic E-state index is 0.0915. The van der Waals surface area contributed by atoms with E-state index in [0.717, 1.165) is 11.1 Å². The second kappa shape index (κ2) is 9.64. The van der Waals surface area contributed by atoms with Gasteiger partial charge in [-0.15, -0.1) is 0 Å². The molecule has 0 saturated heterocycles. The maximum atomic E-state index is 14.5. The Bertz CT molecular complexity index is 1590. The Kier molecular flexibility index (Phi) is 7.06. The molecule has 3 aromatic carbocycles. The van der Waals surface area contributed by atoms with Crippen LogP contribution in [-0.4, -0.2) is 18.2 Å². The number of rotatable bonds is 4. The van der Waals surface area contributed by atoms with Crippen LogP contribution in [0.15, 0.2) is 77.7 Å². The number of alkyl halides is 3. The fraction of sp³-hybridized carbons (Fsp3) is 0.300. The molecular weight excluding hydrogens is 523 g/mol. The molecule has 4 rings (SSSR count). The van der Waals surface area contributed by atoms with Crippen molar-refractivity contribution in [1.29, 1.82) is 0 Å². The molecule has 0 fully saturated rings. The number of primary sulfonamides is 1. The lowest BCUT2D eigenvalue weighted by molar-refractivity contribution is -0.140. The van der Waals surface area contributed by atoms with Crippen molar-refractivity contribution in [3.8, 4) is 28.1 Å². The molecule has 1 heterocycles. The van der Waals surface area contributed by atoms with Crippen molar-refractivity contribution in [2.75, 3.05) is 0 Å². The summed E-state index contributed by atoms with van der Waals surface area (Å²) in [5.74, 6) is 0. The van der Waals surface area contributed by atoms with Crippen molar-refractivity contribution >= 4 is 10.0 Å². The Labute approximate surface area is 227 Å². The molecule has 206 valence electrons. The molecule has 0 amide bonds. The van der Waals surface area contributed by atoms with Crippen molar-refractivity contribution in [3.63, 3.8) is 0 Å². The van der Waals surface area contributed by atoms with E-state index in [1.807, 2.05) is 45.0 Å². The van der Waals surface area contributed by atoms with Crippen LogP contribution in [0.1, 0.15) is 58.4 Å². The third-order valence-electron chi connectivity index (χ3n) is 6.63. The summed E-state index contributed by atoms with van der Waals surface area (Å²) in [7, 11) is -3.98. The Hall–Kier alpha value is -3.43. The number of aromatic nitrogens is 2. The quantitative estimate of drug-likeness (QED) is 0.284. The average molecular weight is 556 g/mol. The molecule has 0 aliphatic rings. The summed E-state index contributed by atoms with van der Waals surface area (Å²) < 4.78 is 68.4. The van der Waals surface area contributed by atoms with E-state index in [4.69, 9.17) is 5.14 Å². The summed E-state index contributed by atoms with van der Waals surface area (Å²) in [6.07, 6.45) is -4.75. The van der Waals surface area contributed by atoms with Gasteiger partial charge in [0.05, 0.1) is 16.3 Å². The molecule has 0 aliphatic carbocycles. The fourth-order valence-corrected chi connectivity index (χ4v) is 4.90. The second-order valence-electron chi connectivity index (χ2n) is 11.7. The minimum atomic E-state index is -4.75. The summed E-state index contributed by atoms with van der Waals surface area (Å²) in [4.78, 5) is -0.140. The summed E-state index contributed by atoms with van der Waals surface area (Å²) >= 11 is 0. The van der Waals surface area contributed by atoms with Gasteiger partial charge in [-0.05, 0) is 51.8 Å². The van der Waals surface area contributed by atoms with Crippen LogP contribution >= 0.6 is 0 Å². The van der Waals surface area contributed by atoms with Crippen LogP contribution < -0.4 is 5.14 Å². The van der Waals surface area contributed by atoms with Crippen LogP contribution in [0.5, 0.6) is 0 Å². The molecule has 4 aromatic rings. The van der Waals surface area contributed by atoms with E-state index < -0.39 is 21.9 Å². The standard InChI is InChI=1S/C30H32F3N3O2S/c1-28(2,3)21-11-7-19(8-12-21)25-26(20-9-17-24(18-10-20)39(34,37)38)36(35-27(25)30(31,32)33)23-15-13-22(14-16-23)29(4,5)6/h7-18H,1-6H3,(H2,34,37,38). The first-order valence-corrected chi connectivity index (χ1v) is 14.0. The predicted octanol–water partition coefficient (Wildman–Crippen LogP) is 7.47. The normalized spacial score (nSPS) is 13.1. The Morgan fingerprint density at radius 2 is 1.13 bits per heavy atom. The Balaban J connectivity index is 2.04. The molecule has 5 nitrogen and oxygen atoms in total. The van der Waals surface area contributed by atoms with Crippen molar-refractivity contribution in [1.82, 2.24) is 9.78 Å². The van der Waals surface area contributed by atoms with Crippen LogP contribution in [0.3, 0.4) is 0 Å². The number of halogens is 3. The van der Waals surface area contributed by atoms with E-state index in [2.05, 4.69) is 25.9 Å². The van der Waals surface area contributed by atoms with Crippen molar-refractivity contribution < 1.29 is 21.6 Å². The van der Waals surface area contributed by atoms with E-state index in [0.29, 0.717) is 16.8 Å². The van der Waals surface area contributed by atoms with Gasteiger partial charge in [0.15, 0.2) is 5.69 Å². The number of sulfonamides is 1. The van der Waals surface area contributed by atoms with Crippen molar-refractivity contribution in [2.24, 2.45) is 5.14 Å². The highest BCUT2D eigenvalue weighted by Crippen LogP contribution is 2.44. The number of nitrogens with two attached hydrogens (primary N) is 1. The number of benzene rings is 3. The van der Waals surface area contributed by atoms with Crippen LogP contribution in [0.4, 0.5) is 13.2 Å². The maximum absolute atomic E-state index is 14.5. The third-order valence-corrected chi connectivity index (χ3v) is 7.56. The first-order valence-electron chi connectivity index (χ1n) is 12.4. The SMILES string of the molecule is CC(C)(C)c1ccc(-c2c(C(F)(F)F)nn(-c3ccc(C(C)(C)C)cc3)c2-c2ccc(S(N)(=O)=O)cc2)cc1. The number of hydrogen-bond acceptors (Lipinski definition) is 3. The molecular formula is C30H32F3N3O2S. The second-order valence-corrected chi connectivity index (χ2v) is 13.2. The molecule has 0 radical (unpaired) electrons. The van der Waals surface area contributed by atoms with Gasteiger partial charge in [-0.2, -0.15) is 18.3 Å². The van der Waals surface area contributed by atoms with Gasteiger partial charge in [0, 0.05) is 11.1 Å². The highest BCUT2D eigenvalue weighted by atomic mass is 32.2. The lowest BCUT2D eigenvalue weighted by Gasteiger charge is -2.20. The summed E-state index contributed by atoms with van der Waals surface area (Å²) in [6.45, 7) is 12.2. The molecule has 2 N–H and O–H groups in total. The molecule has 9 heteroatoms. The van der Waals surface area contributed by atoms with Crippen molar-refractivity contribution in [3.05, 3.63) is 89.6 Å². The van der Waals surface area contributed by atoms with Gasteiger partial charge in [0.25, 0.3) is 0 Å². The smallest absolute Gasteiger partial charge is 0.232 e. The number of hydrogen-bond donors (Lipinski definition) is 1. The lowest BCUT2D eigenvalue weighted by atomic mass is 9.86. The van der Waals surface area contributed by atoms with E-state index in [1.165, 1.54) is 28.9 Å². The first kappa shape index (κ1) is 28.6. The number of nitrogens with zero attached hydrogens (tertiary/aromatic N) is 2. The maximum Gasteiger partial charge on any atom is 0.435 e. The van der Waals surface area contributed by atoms with Gasteiger partial charge in [-0.25, -0.2) is 18.2 Å². The summed E-state index contributed by atoms with van der Waals surface area (Å²) in [5.41, 5.74) is 1.88. The van der Waals surface area contributed by atoms with Crippen LogP contribution in [0.25, 0.3) is 28.1 Å². The van der Waals surface area contributed by atoms with Crippen molar-refractivity contribution in [2.45, 2.75) is 63.4 Å². The molecule has 0 saturated carbocycles. The zero-order chi connectivity index (χ0) is 29.0. The molecule has 0 unspecified atom stereocenters. The third kappa shape index (κ3) is 5.94. The van der Waals surface area contributed by atoms with Gasteiger partial charge >= 0.3 is 6.18 Å². The zero-order valence-electron chi connectivity index (χ0n) is 22.8. The van der Waals surface area contributed by atoms with Gasteiger partial charge in [-0.1, -0.05) is 90.1 Å². The monoisotopic (exact) mass is 555 g/mol. The lowest BCUT2D eigenvalue weighted by Crippen LogP contribution is -2.12. The van der Waals surface area contributed by atoms with Gasteiger partial charge in [0.2, 0.25) is 10.0 Å². The first-order chi connectivity index (χ1) is 17.9. The molecule has 0 atom stereocenters. The summed E-state index contributed by atoms with van der Waals surface area (Å²) in [6, 6.07) is 19.7. The molecule has 0 spiro atoms. The van der Waals surface area contributed by atoms with Gasteiger partial charge < -0.3 is 0 Å². The van der Waals surface area contributed by atoms with E-state index in [-0.39, 0.29) is 27.0 Å². The van der Waals surface area contributed by atoms with Crippen LogP contribution in [-0.2, 0) is 27.0 Å². The highest BCUT2D eigenvalue weighted by molar-refractivity contribution is 7.89. The Morgan fingerprint density at radius 3 is 1.54 bits per heavy atom. The van der Waals surface area contributed by atoms with Crippen LogP contribution in [0, 0.1) is 0 Å². The van der Waals surface area contributed by atoms with E-state index >= 15 is 0 Å². The minimum Gasteiger partial charge on any atom is -0.232 e. The van der Waals surface area contributed by atoms with E-state index in [1.54, 1.807) is 24.3 Å². The molecule has 39 heavy (non-hydrogen) atoms. The van der Waals surface area contributed by atoms with E-state index in [9.17, 15) is 21.6 Å². The fourth-order valence-electron chi connectivity index (χ4n) is 4.39. The summed E-state index contributed by atoms with van der Waals surface area (Å²) in [5, 5.41) is 9.34. The predicted molar refractivity (Wildman–Crippen MR) is 148 cm³/mol. The average Bonchev–Trinajstić information content (AvgIpc) is 3.24.